The molecule has 2 nitrogen and oxygen atoms in total. The molecule has 0 aliphatic carbocycles. The fraction of sp³-hybridized carbons (Fsp3) is 1.00. The molecule has 5 heteroatoms. The molecule has 10 saturated heterocycles. The zero-order valence-corrected chi connectivity index (χ0v) is 13.6. The van der Waals surface area contributed by atoms with Crippen molar-refractivity contribution in [3.63, 3.8) is 0 Å². The van der Waals surface area contributed by atoms with Crippen molar-refractivity contribution in [2.24, 2.45) is 0 Å². The molecule has 8 unspecified atom stereocenters. The van der Waals surface area contributed by atoms with E-state index in [4.69, 9.17) is 32.7 Å². The second-order valence-electron chi connectivity index (χ2n) is 10.7. The van der Waals surface area contributed by atoms with E-state index in [9.17, 15) is 0 Å². The van der Waals surface area contributed by atoms with E-state index in [1.165, 1.54) is 18.0 Å². The van der Waals surface area contributed by atoms with Gasteiger partial charge in [-0.2, -0.15) is 0 Å². The Bertz CT molecular complexity index is 927. The SMILES string of the molecule is ClCCO[C]12[CH]3[CH]4[CH]5[CH]1[Ru]45321678[CH]2[CH]1[CH]6[C]7(OCCCl)[CH]28. The van der Waals surface area contributed by atoms with Gasteiger partial charge < -0.3 is 0 Å². The molecule has 0 saturated carbocycles. The zero-order chi connectivity index (χ0) is 12.2. The van der Waals surface area contributed by atoms with Crippen LogP contribution in [0.15, 0.2) is 0 Å². The molecule has 0 aromatic carbocycles. The Labute approximate surface area is 109 Å². The van der Waals surface area contributed by atoms with Gasteiger partial charge in [-0.05, 0) is 0 Å². The van der Waals surface area contributed by atoms with Crippen molar-refractivity contribution < 1.29 is 17.2 Å². The van der Waals surface area contributed by atoms with E-state index in [0.717, 1.165) is 31.3 Å². The molecule has 10 rings (SSSR count). The van der Waals surface area contributed by atoms with Crippen LogP contribution in [0.4, 0.5) is 0 Å². The van der Waals surface area contributed by atoms with E-state index in [1.54, 1.807) is 0 Å². The van der Waals surface area contributed by atoms with Crippen LogP contribution < -0.4 is 0 Å². The van der Waals surface area contributed by atoms with Gasteiger partial charge in [-0.25, -0.2) is 0 Å². The minimum absolute atomic E-state index is 0.472. The first-order valence-electron chi connectivity index (χ1n) is 7.66. The van der Waals surface area contributed by atoms with Gasteiger partial charge in [-0.15, -0.1) is 0 Å². The molecule has 10 fully saturated rings. The van der Waals surface area contributed by atoms with Crippen LogP contribution in [0.2, 0.25) is 36.1 Å². The normalized spacial score (nSPS) is 112. The Morgan fingerprint density at radius 1 is 0.737 bits per heavy atom. The van der Waals surface area contributed by atoms with Gasteiger partial charge in [0.25, 0.3) is 0 Å². The first kappa shape index (κ1) is 8.68. The summed E-state index contributed by atoms with van der Waals surface area (Å²) in [6, 6.07) is 0. The van der Waals surface area contributed by atoms with Crippen LogP contribution in [0.25, 0.3) is 0 Å². The van der Waals surface area contributed by atoms with Gasteiger partial charge in [-0.1, -0.05) is 0 Å². The minimum atomic E-state index is -3.70. The predicted octanol–water partition coefficient (Wildman–Crippen LogP) is 3.70. The maximum atomic E-state index is 6.63. The Morgan fingerprint density at radius 2 is 1.11 bits per heavy atom. The summed E-state index contributed by atoms with van der Waals surface area (Å²) in [5.74, 6) is 1.35. The number of rotatable bonds is 6. The summed E-state index contributed by atoms with van der Waals surface area (Å²) in [7, 11) is -3.70. The average molecular weight is 388 g/mol. The van der Waals surface area contributed by atoms with Gasteiger partial charge in [-0.3, -0.25) is 0 Å². The zero-order valence-electron chi connectivity index (χ0n) is 10.4. The Kier molecular flexibility index (Phi) is 0.369. The molecule has 8 atom stereocenters. The predicted molar refractivity (Wildman–Crippen MR) is 68.8 cm³/mol. The van der Waals surface area contributed by atoms with E-state index in [1.807, 2.05) is 0 Å². The number of fused-ring (bicyclic) bond motifs is 10. The summed E-state index contributed by atoms with van der Waals surface area (Å²) < 4.78 is 23.5. The van der Waals surface area contributed by atoms with Crippen LogP contribution in [0.5, 0.6) is 0 Å². The molecule has 10 aliphatic heterocycles. The van der Waals surface area contributed by atoms with Crippen molar-refractivity contribution in [3.8, 4) is 0 Å². The molecule has 0 aromatic heterocycles. The van der Waals surface area contributed by atoms with Gasteiger partial charge in [0.2, 0.25) is 0 Å². The van der Waals surface area contributed by atoms with E-state index < -0.39 is 7.72 Å². The van der Waals surface area contributed by atoms with Crippen LogP contribution in [-0.2, 0) is 17.2 Å². The van der Waals surface area contributed by atoms with Crippen molar-refractivity contribution in [2.75, 3.05) is 25.0 Å². The molecule has 19 heavy (non-hydrogen) atoms. The van der Waals surface area contributed by atoms with E-state index in [0.29, 0.717) is 20.2 Å². The average Bonchev–Trinajstić information content (AvgIpc) is 3.36. The summed E-state index contributed by atoms with van der Waals surface area (Å²) in [5, 5.41) is 0. The van der Waals surface area contributed by atoms with Crippen LogP contribution in [0, 0.1) is 0 Å². The quantitative estimate of drug-likeness (QED) is 0.510. The topological polar surface area (TPSA) is 18.5 Å². The Balaban J connectivity index is 1.40. The molecule has 0 radical (unpaired) electrons. The van der Waals surface area contributed by atoms with Crippen molar-refractivity contribution in [2.45, 2.75) is 44.5 Å². The molecular formula is C14H16Cl2O2Ru. The first-order chi connectivity index (χ1) is 9.05. The fourth-order valence-electron chi connectivity index (χ4n) is 17.3. The van der Waals surface area contributed by atoms with Crippen molar-refractivity contribution in [3.05, 3.63) is 0 Å². The first-order valence-corrected chi connectivity index (χ1v) is 18.5. The standard InChI is InChI=1S/2C7H8ClO.Ru/c2*8-5-6-9-7-3-1-2-4-7;/h2*1-4H,5-6H2;. The summed E-state index contributed by atoms with van der Waals surface area (Å²) in [6.07, 6.45) is 0. The monoisotopic (exact) mass is 388 g/mol. The fourth-order valence-corrected chi connectivity index (χ4v) is 148. The molecule has 10 heterocycles. The molecule has 10 aliphatic rings. The van der Waals surface area contributed by atoms with Crippen LogP contribution >= 0.6 is 23.2 Å². The third-order valence-corrected chi connectivity index (χ3v) is 81.5. The van der Waals surface area contributed by atoms with E-state index in [2.05, 4.69) is 0 Å². The van der Waals surface area contributed by atoms with Crippen molar-refractivity contribution >= 4 is 23.2 Å². The number of ether oxygens (including phenoxy) is 2. The molecule has 1 spiro atoms. The summed E-state index contributed by atoms with van der Waals surface area (Å²) in [4.78, 5) is 0. The number of hydrogen-bond donors (Lipinski definition) is 0. The van der Waals surface area contributed by atoms with Crippen molar-refractivity contribution in [1.29, 1.82) is 0 Å². The number of halogens is 2. The third kappa shape index (κ3) is 0.0997. The van der Waals surface area contributed by atoms with Gasteiger partial charge in [0.05, 0.1) is 0 Å². The van der Waals surface area contributed by atoms with Gasteiger partial charge >= 0.3 is 110 Å². The van der Waals surface area contributed by atoms with E-state index in [-0.39, 0.29) is 0 Å². The number of alkyl halides is 2. The van der Waals surface area contributed by atoms with Gasteiger partial charge in [0, 0.05) is 0 Å². The second-order valence-corrected chi connectivity index (χ2v) is 47.8. The summed E-state index contributed by atoms with van der Waals surface area (Å²) >= 11 is 11.9. The molecule has 106 valence electrons. The van der Waals surface area contributed by atoms with Crippen LogP contribution in [-0.4, -0.2) is 33.4 Å². The summed E-state index contributed by atoms with van der Waals surface area (Å²) in [5.41, 5.74) is 0. The molecule has 0 amide bonds. The molecule has 0 N–H and O–H groups in total. The van der Waals surface area contributed by atoms with Gasteiger partial charge in [0.1, 0.15) is 0 Å². The third-order valence-electron chi connectivity index (χ3n) is 15.4. The Hall–Kier alpha value is 1.12. The van der Waals surface area contributed by atoms with Crippen LogP contribution in [0.3, 0.4) is 0 Å². The molecule has 0 bridgehead atoms. The summed E-state index contributed by atoms with van der Waals surface area (Å²) in [6.45, 7) is 1.60. The molecule has 0 aromatic rings. The van der Waals surface area contributed by atoms with Crippen molar-refractivity contribution in [1.82, 2.24) is 0 Å². The molecular weight excluding hydrogens is 372 g/mol. The number of hydrogen-bond acceptors (Lipinski definition) is 2. The van der Waals surface area contributed by atoms with Gasteiger partial charge in [0.15, 0.2) is 0 Å². The maximum absolute atomic E-state index is 6.63. The van der Waals surface area contributed by atoms with E-state index >= 15 is 0 Å². The van der Waals surface area contributed by atoms with Crippen LogP contribution in [0.1, 0.15) is 0 Å². The second kappa shape index (κ2) is 0.809. The Morgan fingerprint density at radius 3 is 1.37 bits per heavy atom.